The minimum absolute atomic E-state index is 0.200. The summed E-state index contributed by atoms with van der Waals surface area (Å²) in [6, 6.07) is 12.5. The van der Waals surface area contributed by atoms with E-state index in [-0.39, 0.29) is 24.1 Å². The average molecular weight is 421 g/mol. The lowest BCUT2D eigenvalue weighted by Crippen LogP contribution is -2.35. The molecular formula is C24H24FN3O3. The van der Waals surface area contributed by atoms with Gasteiger partial charge in [0.25, 0.3) is 5.91 Å². The van der Waals surface area contributed by atoms with Crippen LogP contribution in [0.4, 0.5) is 4.39 Å². The van der Waals surface area contributed by atoms with E-state index in [1.807, 2.05) is 36.5 Å². The molecule has 3 aromatic rings. The zero-order valence-corrected chi connectivity index (χ0v) is 17.1. The van der Waals surface area contributed by atoms with E-state index < -0.39 is 11.9 Å². The van der Waals surface area contributed by atoms with Crippen LogP contribution in [-0.4, -0.2) is 37.9 Å². The first-order valence-corrected chi connectivity index (χ1v) is 10.6. The van der Waals surface area contributed by atoms with E-state index in [0.717, 1.165) is 30.5 Å². The number of nitrogens with zero attached hydrogens (tertiary/aromatic N) is 3. The number of carbonyl (C=O) groups excluding carboxylic acids is 1. The van der Waals surface area contributed by atoms with Crippen molar-refractivity contribution in [1.29, 1.82) is 0 Å². The molecule has 2 aromatic carbocycles. The molecule has 1 aromatic heterocycles. The van der Waals surface area contributed by atoms with Crippen molar-refractivity contribution < 1.29 is 19.0 Å². The van der Waals surface area contributed by atoms with Gasteiger partial charge in [0.1, 0.15) is 17.7 Å². The van der Waals surface area contributed by atoms with Gasteiger partial charge in [-0.15, -0.1) is 0 Å². The average Bonchev–Trinajstić information content (AvgIpc) is 3.42. The summed E-state index contributed by atoms with van der Waals surface area (Å²) in [5.74, 6) is -0.286. The van der Waals surface area contributed by atoms with Gasteiger partial charge in [-0.25, -0.2) is 9.07 Å². The van der Waals surface area contributed by atoms with Gasteiger partial charge in [0.2, 0.25) is 0 Å². The third-order valence-corrected chi connectivity index (χ3v) is 6.09. The highest BCUT2D eigenvalue weighted by atomic mass is 19.1. The summed E-state index contributed by atoms with van der Waals surface area (Å²) in [7, 11) is 0. The molecule has 7 heteroatoms. The van der Waals surface area contributed by atoms with Crippen molar-refractivity contribution in [3.63, 3.8) is 0 Å². The zero-order valence-electron chi connectivity index (χ0n) is 17.1. The molecule has 0 radical (unpaired) electrons. The summed E-state index contributed by atoms with van der Waals surface area (Å²) >= 11 is 0. The Morgan fingerprint density at radius 2 is 1.94 bits per heavy atom. The number of benzene rings is 2. The zero-order chi connectivity index (χ0) is 21.4. The Hall–Kier alpha value is -3.19. The van der Waals surface area contributed by atoms with Crippen LogP contribution in [0, 0.1) is 5.82 Å². The van der Waals surface area contributed by atoms with Gasteiger partial charge in [-0.05, 0) is 55.2 Å². The summed E-state index contributed by atoms with van der Waals surface area (Å²) in [5.41, 5.74) is 2.52. The SMILES string of the molecule is O=C1c2c(O[C@@H]3CCCC[C@H]3O)ccc(F)c2CN1Cc1ccc(-n2cccn2)cc1. The quantitative estimate of drug-likeness (QED) is 0.680. The Bertz CT molecular complexity index is 1080. The molecule has 1 amide bonds. The highest BCUT2D eigenvalue weighted by molar-refractivity contribution is 6.01. The van der Waals surface area contributed by atoms with Gasteiger partial charge in [0.15, 0.2) is 0 Å². The number of hydrogen-bond donors (Lipinski definition) is 1. The molecule has 2 heterocycles. The van der Waals surface area contributed by atoms with E-state index in [0.29, 0.717) is 24.3 Å². The van der Waals surface area contributed by atoms with Crippen LogP contribution < -0.4 is 4.74 Å². The number of fused-ring (bicyclic) bond motifs is 1. The second-order valence-corrected chi connectivity index (χ2v) is 8.19. The van der Waals surface area contributed by atoms with Gasteiger partial charge >= 0.3 is 0 Å². The molecular weight excluding hydrogens is 397 g/mol. The van der Waals surface area contributed by atoms with Crippen molar-refractivity contribution in [2.24, 2.45) is 0 Å². The lowest BCUT2D eigenvalue weighted by Gasteiger charge is -2.28. The molecule has 31 heavy (non-hydrogen) atoms. The maximum atomic E-state index is 14.5. The number of carbonyl (C=O) groups is 1. The predicted octanol–water partition coefficient (Wildman–Crippen LogP) is 3.85. The number of ether oxygens (including phenoxy) is 1. The molecule has 2 atom stereocenters. The molecule has 0 saturated heterocycles. The van der Waals surface area contributed by atoms with Crippen molar-refractivity contribution in [2.45, 2.75) is 51.0 Å². The predicted molar refractivity (Wildman–Crippen MR) is 112 cm³/mol. The maximum Gasteiger partial charge on any atom is 0.258 e. The standard InChI is InChI=1S/C24H24FN3O3/c25-19-10-11-22(31-21-5-2-1-4-20(21)29)23-18(19)15-27(24(23)30)14-16-6-8-17(9-7-16)28-13-3-12-26-28/h3,6-13,20-21,29H,1-2,4-5,14-15H2/t20-,21-/m1/s1. The number of hydrogen-bond acceptors (Lipinski definition) is 4. The summed E-state index contributed by atoms with van der Waals surface area (Å²) in [4.78, 5) is 14.8. The van der Waals surface area contributed by atoms with E-state index >= 15 is 0 Å². The third kappa shape index (κ3) is 3.81. The second-order valence-electron chi connectivity index (χ2n) is 8.19. The monoisotopic (exact) mass is 421 g/mol. The molecule has 0 spiro atoms. The van der Waals surface area contributed by atoms with E-state index in [9.17, 15) is 14.3 Å². The Labute approximate surface area is 179 Å². The van der Waals surface area contributed by atoms with Gasteiger partial charge in [0, 0.05) is 24.5 Å². The van der Waals surface area contributed by atoms with Crippen molar-refractivity contribution in [3.8, 4) is 11.4 Å². The van der Waals surface area contributed by atoms with E-state index in [2.05, 4.69) is 5.10 Å². The first-order valence-electron chi connectivity index (χ1n) is 10.6. The molecule has 1 saturated carbocycles. The van der Waals surface area contributed by atoms with Crippen molar-refractivity contribution >= 4 is 5.91 Å². The summed E-state index contributed by atoms with van der Waals surface area (Å²) in [6.45, 7) is 0.573. The highest BCUT2D eigenvalue weighted by Gasteiger charge is 2.35. The summed E-state index contributed by atoms with van der Waals surface area (Å²) in [5, 5.41) is 14.4. The van der Waals surface area contributed by atoms with Crippen LogP contribution in [0.3, 0.4) is 0 Å². The lowest BCUT2D eigenvalue weighted by molar-refractivity contribution is 0.00633. The number of aromatic nitrogens is 2. The number of rotatable bonds is 5. The normalized spacial score (nSPS) is 20.7. The fourth-order valence-electron chi connectivity index (χ4n) is 4.41. The topological polar surface area (TPSA) is 67.6 Å². The lowest BCUT2D eigenvalue weighted by atomic mass is 9.94. The molecule has 160 valence electrons. The molecule has 0 unspecified atom stereocenters. The minimum Gasteiger partial charge on any atom is -0.487 e. The number of amides is 1. The Balaban J connectivity index is 1.35. The fraction of sp³-hybridized carbons (Fsp3) is 0.333. The van der Waals surface area contributed by atoms with Gasteiger partial charge in [-0.3, -0.25) is 4.79 Å². The van der Waals surface area contributed by atoms with Crippen LogP contribution in [-0.2, 0) is 13.1 Å². The first-order chi connectivity index (χ1) is 15.1. The third-order valence-electron chi connectivity index (χ3n) is 6.09. The van der Waals surface area contributed by atoms with Crippen molar-refractivity contribution in [1.82, 2.24) is 14.7 Å². The highest BCUT2D eigenvalue weighted by Crippen LogP contribution is 2.35. The van der Waals surface area contributed by atoms with Crippen LogP contribution in [0.2, 0.25) is 0 Å². The van der Waals surface area contributed by atoms with E-state index in [4.69, 9.17) is 4.74 Å². The number of halogens is 1. The molecule has 5 rings (SSSR count). The van der Waals surface area contributed by atoms with Gasteiger partial charge in [0.05, 0.1) is 23.9 Å². The van der Waals surface area contributed by atoms with Crippen LogP contribution in [0.15, 0.2) is 54.9 Å². The molecule has 1 aliphatic carbocycles. The number of aliphatic hydroxyl groups is 1. The number of aliphatic hydroxyl groups excluding tert-OH is 1. The van der Waals surface area contributed by atoms with Gasteiger partial charge in [-0.1, -0.05) is 18.6 Å². The molecule has 1 N–H and O–H groups in total. The Morgan fingerprint density at radius 3 is 2.68 bits per heavy atom. The molecule has 0 bridgehead atoms. The Kier molecular flexibility index (Phi) is 5.19. The second kappa shape index (κ2) is 8.15. The molecule has 6 nitrogen and oxygen atoms in total. The minimum atomic E-state index is -0.560. The summed E-state index contributed by atoms with van der Waals surface area (Å²) in [6.07, 6.45) is 6.01. The van der Waals surface area contributed by atoms with Crippen LogP contribution in [0.5, 0.6) is 5.75 Å². The molecule has 2 aliphatic rings. The molecule has 1 fully saturated rings. The van der Waals surface area contributed by atoms with Crippen molar-refractivity contribution in [2.75, 3.05) is 0 Å². The first kappa shape index (κ1) is 19.8. The largest absolute Gasteiger partial charge is 0.487 e. The van der Waals surface area contributed by atoms with Gasteiger partial charge < -0.3 is 14.7 Å². The van der Waals surface area contributed by atoms with Crippen LogP contribution >= 0.6 is 0 Å². The van der Waals surface area contributed by atoms with Crippen molar-refractivity contribution in [3.05, 3.63) is 77.4 Å². The smallest absolute Gasteiger partial charge is 0.258 e. The van der Waals surface area contributed by atoms with Gasteiger partial charge in [-0.2, -0.15) is 5.10 Å². The van der Waals surface area contributed by atoms with Crippen LogP contribution in [0.1, 0.15) is 47.2 Å². The van der Waals surface area contributed by atoms with Crippen LogP contribution in [0.25, 0.3) is 5.69 Å². The fourth-order valence-corrected chi connectivity index (χ4v) is 4.41. The van der Waals surface area contributed by atoms with E-state index in [1.165, 1.54) is 12.1 Å². The maximum absolute atomic E-state index is 14.5. The molecule has 1 aliphatic heterocycles. The summed E-state index contributed by atoms with van der Waals surface area (Å²) < 4.78 is 22.3. The Morgan fingerprint density at radius 1 is 1.13 bits per heavy atom. The van der Waals surface area contributed by atoms with E-state index in [1.54, 1.807) is 15.8 Å².